The summed E-state index contributed by atoms with van der Waals surface area (Å²) in [4.78, 5) is 24.4. The number of anilines is 1. The SMILES string of the molecule is CCN1CCN(C(=O)CC2CCN(c3cc(C)nc4ccccc34)CC2)CC1. The minimum absolute atomic E-state index is 0.361. The van der Waals surface area contributed by atoms with Gasteiger partial charge in [-0.15, -0.1) is 0 Å². The van der Waals surface area contributed by atoms with Crippen molar-refractivity contribution in [3.8, 4) is 0 Å². The third kappa shape index (κ3) is 4.14. The number of rotatable bonds is 4. The summed E-state index contributed by atoms with van der Waals surface area (Å²) >= 11 is 0. The summed E-state index contributed by atoms with van der Waals surface area (Å²) in [5, 5.41) is 1.23. The predicted octanol–water partition coefficient (Wildman–Crippen LogP) is 3.31. The molecule has 2 aliphatic rings. The molecule has 3 heterocycles. The Morgan fingerprint density at radius 1 is 1.07 bits per heavy atom. The van der Waals surface area contributed by atoms with E-state index in [-0.39, 0.29) is 0 Å². The number of fused-ring (bicyclic) bond motifs is 1. The summed E-state index contributed by atoms with van der Waals surface area (Å²) < 4.78 is 0. The van der Waals surface area contributed by atoms with Crippen molar-refractivity contribution in [2.75, 3.05) is 50.7 Å². The zero-order valence-electron chi connectivity index (χ0n) is 17.2. The van der Waals surface area contributed by atoms with Gasteiger partial charge in [0.05, 0.1) is 5.52 Å². The number of pyridine rings is 1. The number of hydrogen-bond donors (Lipinski definition) is 0. The van der Waals surface area contributed by atoms with Crippen LogP contribution in [0.5, 0.6) is 0 Å². The maximum absolute atomic E-state index is 12.7. The van der Waals surface area contributed by atoms with Gasteiger partial charge in [0.2, 0.25) is 5.91 Å². The number of hydrogen-bond acceptors (Lipinski definition) is 4. The first-order valence-electron chi connectivity index (χ1n) is 10.8. The molecule has 4 rings (SSSR count). The average Bonchev–Trinajstić information content (AvgIpc) is 2.73. The van der Waals surface area contributed by atoms with E-state index in [1.807, 2.05) is 0 Å². The summed E-state index contributed by atoms with van der Waals surface area (Å²) in [5.41, 5.74) is 3.43. The lowest BCUT2D eigenvalue weighted by molar-refractivity contribution is -0.134. The molecule has 1 aromatic heterocycles. The maximum atomic E-state index is 12.7. The topological polar surface area (TPSA) is 39.7 Å². The molecule has 2 aliphatic heterocycles. The average molecular weight is 381 g/mol. The highest BCUT2D eigenvalue weighted by molar-refractivity contribution is 5.92. The van der Waals surface area contributed by atoms with Crippen LogP contribution in [-0.4, -0.2) is 66.5 Å². The monoisotopic (exact) mass is 380 g/mol. The molecule has 5 heteroatoms. The van der Waals surface area contributed by atoms with Gasteiger partial charge in [-0.2, -0.15) is 0 Å². The Bertz CT molecular complexity index is 820. The fourth-order valence-electron chi connectivity index (χ4n) is 4.61. The number of aromatic nitrogens is 1. The molecule has 0 radical (unpaired) electrons. The molecule has 2 aromatic rings. The van der Waals surface area contributed by atoms with Gasteiger partial charge in [0, 0.05) is 62.5 Å². The highest BCUT2D eigenvalue weighted by atomic mass is 16.2. The molecule has 0 unspecified atom stereocenters. The van der Waals surface area contributed by atoms with Crippen LogP contribution in [0.25, 0.3) is 10.9 Å². The number of amides is 1. The molecule has 0 spiro atoms. The molecule has 150 valence electrons. The van der Waals surface area contributed by atoms with Crippen LogP contribution in [0.15, 0.2) is 30.3 Å². The van der Waals surface area contributed by atoms with Gasteiger partial charge in [-0.3, -0.25) is 9.78 Å². The van der Waals surface area contributed by atoms with Crippen LogP contribution in [-0.2, 0) is 4.79 Å². The molecule has 1 aromatic carbocycles. The first-order valence-corrected chi connectivity index (χ1v) is 10.8. The van der Waals surface area contributed by atoms with Gasteiger partial charge >= 0.3 is 0 Å². The van der Waals surface area contributed by atoms with Gasteiger partial charge in [0.25, 0.3) is 0 Å². The van der Waals surface area contributed by atoms with Crippen LogP contribution >= 0.6 is 0 Å². The minimum atomic E-state index is 0.361. The standard InChI is InChI=1S/C23H32N4O/c1-3-25-12-14-27(15-13-25)23(28)17-19-8-10-26(11-9-19)22-16-18(2)24-21-7-5-4-6-20(21)22/h4-7,16,19H,3,8-15,17H2,1-2H3. The van der Waals surface area contributed by atoms with Crippen molar-refractivity contribution >= 4 is 22.5 Å². The van der Waals surface area contributed by atoms with Crippen LogP contribution in [0, 0.1) is 12.8 Å². The molecule has 0 N–H and O–H groups in total. The molecule has 1 amide bonds. The summed E-state index contributed by atoms with van der Waals surface area (Å²) in [6.45, 7) is 11.2. The number of nitrogens with zero attached hydrogens (tertiary/aromatic N) is 4. The number of aryl methyl sites for hydroxylation is 1. The number of benzene rings is 1. The minimum Gasteiger partial charge on any atom is -0.371 e. The third-order valence-electron chi connectivity index (χ3n) is 6.41. The zero-order valence-corrected chi connectivity index (χ0v) is 17.2. The maximum Gasteiger partial charge on any atom is 0.222 e. The Hall–Kier alpha value is -2.14. The lowest BCUT2D eigenvalue weighted by atomic mass is 9.92. The van der Waals surface area contributed by atoms with E-state index in [1.54, 1.807) is 0 Å². The molecule has 0 bridgehead atoms. The second-order valence-electron chi connectivity index (χ2n) is 8.25. The molecule has 0 atom stereocenters. The number of likely N-dealkylation sites (N-methyl/N-ethyl adjacent to an activating group) is 1. The lowest BCUT2D eigenvalue weighted by Crippen LogP contribution is -2.49. The van der Waals surface area contributed by atoms with E-state index in [9.17, 15) is 4.79 Å². The quantitative estimate of drug-likeness (QED) is 0.816. The zero-order chi connectivity index (χ0) is 19.5. The highest BCUT2D eigenvalue weighted by Crippen LogP contribution is 2.31. The Kier molecular flexibility index (Phi) is 5.81. The Morgan fingerprint density at radius 3 is 2.50 bits per heavy atom. The van der Waals surface area contributed by atoms with Gasteiger partial charge in [-0.25, -0.2) is 0 Å². The fourth-order valence-corrected chi connectivity index (χ4v) is 4.61. The predicted molar refractivity (Wildman–Crippen MR) is 115 cm³/mol. The number of piperidine rings is 1. The van der Waals surface area contributed by atoms with Crippen LogP contribution < -0.4 is 4.90 Å². The van der Waals surface area contributed by atoms with E-state index in [0.29, 0.717) is 11.8 Å². The molecular weight excluding hydrogens is 348 g/mol. The number of carbonyl (C=O) groups is 1. The lowest BCUT2D eigenvalue weighted by Gasteiger charge is -2.37. The Morgan fingerprint density at radius 2 is 1.79 bits per heavy atom. The normalized spacial score (nSPS) is 19.4. The van der Waals surface area contributed by atoms with Gasteiger partial charge in [0.15, 0.2) is 0 Å². The number of piperazine rings is 1. The van der Waals surface area contributed by atoms with E-state index in [0.717, 1.165) is 76.3 Å². The number of para-hydroxylation sites is 1. The van der Waals surface area contributed by atoms with E-state index >= 15 is 0 Å². The van der Waals surface area contributed by atoms with Crippen molar-refractivity contribution in [2.24, 2.45) is 5.92 Å². The summed E-state index contributed by atoms with van der Waals surface area (Å²) in [5.74, 6) is 0.876. The molecular formula is C23H32N4O. The Balaban J connectivity index is 1.35. The molecule has 0 saturated carbocycles. The largest absolute Gasteiger partial charge is 0.371 e. The highest BCUT2D eigenvalue weighted by Gasteiger charge is 2.26. The van der Waals surface area contributed by atoms with E-state index in [4.69, 9.17) is 0 Å². The van der Waals surface area contributed by atoms with Crippen molar-refractivity contribution in [2.45, 2.75) is 33.1 Å². The number of carbonyl (C=O) groups excluding carboxylic acids is 1. The fraction of sp³-hybridized carbons (Fsp3) is 0.565. The van der Waals surface area contributed by atoms with Crippen LogP contribution in [0.1, 0.15) is 31.9 Å². The molecule has 2 saturated heterocycles. The van der Waals surface area contributed by atoms with Crippen molar-refractivity contribution in [3.05, 3.63) is 36.0 Å². The molecule has 28 heavy (non-hydrogen) atoms. The van der Waals surface area contributed by atoms with Gasteiger partial charge in [-0.1, -0.05) is 25.1 Å². The first-order chi connectivity index (χ1) is 13.6. The summed E-state index contributed by atoms with van der Waals surface area (Å²) in [6.07, 6.45) is 2.91. The third-order valence-corrected chi connectivity index (χ3v) is 6.41. The van der Waals surface area contributed by atoms with Crippen molar-refractivity contribution in [1.29, 1.82) is 0 Å². The van der Waals surface area contributed by atoms with Gasteiger partial charge < -0.3 is 14.7 Å². The van der Waals surface area contributed by atoms with Crippen molar-refractivity contribution in [3.63, 3.8) is 0 Å². The van der Waals surface area contributed by atoms with E-state index < -0.39 is 0 Å². The molecule has 5 nitrogen and oxygen atoms in total. The van der Waals surface area contributed by atoms with Crippen molar-refractivity contribution < 1.29 is 4.79 Å². The second-order valence-corrected chi connectivity index (χ2v) is 8.25. The van der Waals surface area contributed by atoms with Gasteiger partial charge in [0.1, 0.15) is 0 Å². The van der Waals surface area contributed by atoms with E-state index in [1.165, 1.54) is 11.1 Å². The second kappa shape index (κ2) is 8.48. The smallest absolute Gasteiger partial charge is 0.222 e. The van der Waals surface area contributed by atoms with Crippen molar-refractivity contribution in [1.82, 2.24) is 14.8 Å². The van der Waals surface area contributed by atoms with Crippen LogP contribution in [0.3, 0.4) is 0 Å². The van der Waals surface area contributed by atoms with Crippen LogP contribution in [0.2, 0.25) is 0 Å². The Labute approximate surface area is 168 Å². The summed E-state index contributed by atoms with van der Waals surface area (Å²) in [7, 11) is 0. The molecule has 2 fully saturated rings. The van der Waals surface area contributed by atoms with Crippen LogP contribution in [0.4, 0.5) is 5.69 Å². The first kappa shape index (κ1) is 19.2. The summed E-state index contributed by atoms with van der Waals surface area (Å²) in [6, 6.07) is 10.6. The van der Waals surface area contributed by atoms with Gasteiger partial charge in [-0.05, 0) is 44.4 Å². The van der Waals surface area contributed by atoms with E-state index in [2.05, 4.69) is 63.9 Å². The molecule has 0 aliphatic carbocycles.